The van der Waals surface area contributed by atoms with Crippen molar-refractivity contribution in [3.05, 3.63) is 0 Å². The zero-order chi connectivity index (χ0) is 12.8. The highest BCUT2D eigenvalue weighted by Gasteiger charge is 2.31. The van der Waals surface area contributed by atoms with E-state index in [2.05, 4.69) is 37.9 Å². The fourth-order valence-corrected chi connectivity index (χ4v) is 2.55. The molecule has 0 bridgehead atoms. The smallest absolute Gasteiger partial charge is 0.239 e. The minimum Gasteiger partial charge on any atom is -0.339 e. The Morgan fingerprint density at radius 2 is 2.12 bits per heavy atom. The van der Waals surface area contributed by atoms with E-state index in [0.717, 1.165) is 25.8 Å². The van der Waals surface area contributed by atoms with Gasteiger partial charge in [-0.25, -0.2) is 0 Å². The third-order valence-electron chi connectivity index (χ3n) is 3.52. The van der Waals surface area contributed by atoms with Gasteiger partial charge in [-0.05, 0) is 26.2 Å². The van der Waals surface area contributed by atoms with Crippen LogP contribution < -0.4 is 5.32 Å². The highest BCUT2D eigenvalue weighted by Crippen LogP contribution is 2.18. The third-order valence-corrected chi connectivity index (χ3v) is 3.52. The summed E-state index contributed by atoms with van der Waals surface area (Å²) in [4.78, 5) is 14.4. The van der Waals surface area contributed by atoms with Crippen molar-refractivity contribution in [2.45, 2.75) is 77.9 Å². The van der Waals surface area contributed by atoms with Crippen LogP contribution in [-0.2, 0) is 4.79 Å². The van der Waals surface area contributed by atoms with E-state index in [1.54, 1.807) is 0 Å². The number of nitrogens with zero attached hydrogens (tertiary/aromatic N) is 1. The van der Waals surface area contributed by atoms with Gasteiger partial charge >= 0.3 is 0 Å². The topological polar surface area (TPSA) is 32.3 Å². The first-order chi connectivity index (χ1) is 8.06. The molecule has 0 aliphatic carbocycles. The maximum absolute atomic E-state index is 12.3. The standard InChI is InChI=1S/C14H28N2O/c1-5-6-8-12(4)16-10-7-9-13(14(16)17)15-11(2)3/h11-13,15H,5-10H2,1-4H3. The Bertz CT molecular complexity index is 240. The minimum atomic E-state index is 0.0489. The Morgan fingerprint density at radius 1 is 1.41 bits per heavy atom. The average Bonchev–Trinajstić information content (AvgIpc) is 2.28. The molecular weight excluding hydrogens is 212 g/mol. The van der Waals surface area contributed by atoms with Crippen LogP contribution in [0.25, 0.3) is 0 Å². The van der Waals surface area contributed by atoms with E-state index in [9.17, 15) is 4.79 Å². The van der Waals surface area contributed by atoms with E-state index >= 15 is 0 Å². The lowest BCUT2D eigenvalue weighted by molar-refractivity contribution is -0.138. The SMILES string of the molecule is CCCCC(C)N1CCCC(NC(C)C)C1=O. The monoisotopic (exact) mass is 240 g/mol. The maximum Gasteiger partial charge on any atom is 0.239 e. The summed E-state index contributed by atoms with van der Waals surface area (Å²) in [6, 6.07) is 0.835. The molecule has 1 fully saturated rings. The maximum atomic E-state index is 12.3. The van der Waals surface area contributed by atoms with Crippen molar-refractivity contribution >= 4 is 5.91 Å². The molecule has 100 valence electrons. The Kier molecular flexibility index (Phi) is 5.96. The first-order valence-corrected chi connectivity index (χ1v) is 7.12. The zero-order valence-corrected chi connectivity index (χ0v) is 11.8. The Balaban J connectivity index is 2.52. The summed E-state index contributed by atoms with van der Waals surface area (Å²) in [6.45, 7) is 9.54. The second-order valence-electron chi connectivity index (χ2n) is 5.54. The Hall–Kier alpha value is -0.570. The average molecular weight is 240 g/mol. The van der Waals surface area contributed by atoms with Gasteiger partial charge in [0.15, 0.2) is 0 Å². The fourth-order valence-electron chi connectivity index (χ4n) is 2.55. The molecule has 0 spiro atoms. The fraction of sp³-hybridized carbons (Fsp3) is 0.929. The van der Waals surface area contributed by atoms with Gasteiger partial charge in [0.25, 0.3) is 0 Å². The third kappa shape index (κ3) is 4.30. The molecule has 0 aromatic carbocycles. The molecule has 1 aliphatic heterocycles. The van der Waals surface area contributed by atoms with Crippen molar-refractivity contribution < 1.29 is 4.79 Å². The van der Waals surface area contributed by atoms with Crippen LogP contribution in [0.1, 0.15) is 59.8 Å². The van der Waals surface area contributed by atoms with Crippen LogP contribution >= 0.6 is 0 Å². The molecule has 17 heavy (non-hydrogen) atoms. The highest BCUT2D eigenvalue weighted by molar-refractivity contribution is 5.82. The van der Waals surface area contributed by atoms with Crippen LogP contribution in [0.2, 0.25) is 0 Å². The van der Waals surface area contributed by atoms with E-state index in [-0.39, 0.29) is 6.04 Å². The molecule has 0 saturated carbocycles. The summed E-state index contributed by atoms with van der Waals surface area (Å²) in [5, 5.41) is 3.38. The van der Waals surface area contributed by atoms with E-state index in [4.69, 9.17) is 0 Å². The number of unbranched alkanes of at least 4 members (excludes halogenated alkanes) is 1. The molecule has 1 aliphatic rings. The molecule has 2 atom stereocenters. The number of carbonyl (C=O) groups excluding carboxylic acids is 1. The van der Waals surface area contributed by atoms with Crippen molar-refractivity contribution in [3.63, 3.8) is 0 Å². The van der Waals surface area contributed by atoms with Crippen molar-refractivity contribution in [2.75, 3.05) is 6.54 Å². The van der Waals surface area contributed by atoms with Gasteiger partial charge in [-0.3, -0.25) is 4.79 Å². The number of likely N-dealkylation sites (tertiary alicyclic amines) is 1. The molecule has 2 unspecified atom stereocenters. The highest BCUT2D eigenvalue weighted by atomic mass is 16.2. The second-order valence-corrected chi connectivity index (χ2v) is 5.54. The van der Waals surface area contributed by atoms with Gasteiger partial charge in [0.1, 0.15) is 0 Å². The second kappa shape index (κ2) is 7.00. The molecule has 3 nitrogen and oxygen atoms in total. The van der Waals surface area contributed by atoms with Crippen molar-refractivity contribution in [1.82, 2.24) is 10.2 Å². The van der Waals surface area contributed by atoms with Gasteiger partial charge in [0.2, 0.25) is 5.91 Å². The van der Waals surface area contributed by atoms with Gasteiger partial charge in [0.05, 0.1) is 6.04 Å². The number of hydrogen-bond donors (Lipinski definition) is 1. The van der Waals surface area contributed by atoms with E-state index < -0.39 is 0 Å². The molecule has 0 aromatic heterocycles. The summed E-state index contributed by atoms with van der Waals surface area (Å²) < 4.78 is 0. The zero-order valence-electron chi connectivity index (χ0n) is 11.8. The molecule has 3 heteroatoms. The molecule has 0 radical (unpaired) electrons. The van der Waals surface area contributed by atoms with E-state index in [0.29, 0.717) is 18.0 Å². The van der Waals surface area contributed by atoms with Crippen LogP contribution in [0.15, 0.2) is 0 Å². The summed E-state index contributed by atoms with van der Waals surface area (Å²) >= 11 is 0. The largest absolute Gasteiger partial charge is 0.339 e. The molecule has 1 rings (SSSR count). The number of nitrogens with one attached hydrogen (secondary N) is 1. The number of piperidine rings is 1. The quantitative estimate of drug-likeness (QED) is 0.774. The summed E-state index contributed by atoms with van der Waals surface area (Å²) in [6.07, 6.45) is 5.69. The summed E-state index contributed by atoms with van der Waals surface area (Å²) in [5.74, 6) is 0.313. The van der Waals surface area contributed by atoms with Gasteiger partial charge in [-0.1, -0.05) is 33.6 Å². The van der Waals surface area contributed by atoms with Gasteiger partial charge in [-0.2, -0.15) is 0 Å². The van der Waals surface area contributed by atoms with Crippen LogP contribution in [0, 0.1) is 0 Å². The lowest BCUT2D eigenvalue weighted by atomic mass is 10.0. The van der Waals surface area contributed by atoms with Gasteiger partial charge < -0.3 is 10.2 Å². The molecule has 1 heterocycles. The predicted molar refractivity (Wildman–Crippen MR) is 72.0 cm³/mol. The van der Waals surface area contributed by atoms with Crippen LogP contribution in [-0.4, -0.2) is 35.5 Å². The summed E-state index contributed by atoms with van der Waals surface area (Å²) in [5.41, 5.74) is 0. The Morgan fingerprint density at radius 3 is 2.71 bits per heavy atom. The number of rotatable bonds is 6. The van der Waals surface area contributed by atoms with Gasteiger partial charge in [-0.15, -0.1) is 0 Å². The molecule has 0 aromatic rings. The van der Waals surface area contributed by atoms with Crippen LogP contribution in [0.4, 0.5) is 0 Å². The van der Waals surface area contributed by atoms with E-state index in [1.165, 1.54) is 12.8 Å². The van der Waals surface area contributed by atoms with Crippen LogP contribution in [0.3, 0.4) is 0 Å². The van der Waals surface area contributed by atoms with E-state index in [1.807, 2.05) is 0 Å². The van der Waals surface area contributed by atoms with Gasteiger partial charge in [0, 0.05) is 18.6 Å². The molecule has 1 amide bonds. The molecule has 1 N–H and O–H groups in total. The van der Waals surface area contributed by atoms with Crippen LogP contribution in [0.5, 0.6) is 0 Å². The first kappa shape index (κ1) is 14.5. The predicted octanol–water partition coefficient (Wildman–Crippen LogP) is 2.55. The normalized spacial score (nSPS) is 23.2. The molecule has 1 saturated heterocycles. The van der Waals surface area contributed by atoms with Crippen molar-refractivity contribution in [3.8, 4) is 0 Å². The lowest BCUT2D eigenvalue weighted by Gasteiger charge is -2.37. The van der Waals surface area contributed by atoms with Crippen molar-refractivity contribution in [1.29, 1.82) is 0 Å². The first-order valence-electron chi connectivity index (χ1n) is 7.12. The number of carbonyl (C=O) groups is 1. The molecular formula is C14H28N2O. The lowest BCUT2D eigenvalue weighted by Crippen LogP contribution is -2.54. The minimum absolute atomic E-state index is 0.0489. The number of amides is 1. The Labute approximate surface area is 106 Å². The number of hydrogen-bond acceptors (Lipinski definition) is 2. The van der Waals surface area contributed by atoms with Crippen molar-refractivity contribution in [2.24, 2.45) is 0 Å². The summed E-state index contributed by atoms with van der Waals surface area (Å²) in [7, 11) is 0.